The van der Waals surface area contributed by atoms with Gasteiger partial charge in [0.25, 0.3) is 0 Å². The molecule has 0 aliphatic heterocycles. The summed E-state index contributed by atoms with van der Waals surface area (Å²) >= 11 is -1.31. The average Bonchev–Trinajstić information content (AvgIpc) is 2.64. The van der Waals surface area contributed by atoms with Gasteiger partial charge < -0.3 is 25.0 Å². The molecule has 0 bridgehead atoms. The fraction of sp³-hybridized carbons (Fsp3) is 0.400. The molecule has 0 saturated heterocycles. The van der Waals surface area contributed by atoms with Crippen molar-refractivity contribution in [3.05, 3.63) is 53.8 Å². The van der Waals surface area contributed by atoms with Gasteiger partial charge in [-0.3, -0.25) is 0 Å². The minimum absolute atomic E-state index is 0.0231. The summed E-state index contributed by atoms with van der Waals surface area (Å²) in [5.41, 5.74) is 1.61. The van der Waals surface area contributed by atoms with Crippen LogP contribution in [-0.2, 0) is 11.2 Å². The number of phenolic OH excluding ortho intramolecular Hbond substituents is 1. The van der Waals surface area contributed by atoms with Gasteiger partial charge in [0, 0.05) is 31.9 Å². The van der Waals surface area contributed by atoms with Crippen LogP contribution in [-0.4, -0.2) is 47.7 Å². The zero-order valence-electron chi connectivity index (χ0n) is 15.7. The van der Waals surface area contributed by atoms with Gasteiger partial charge in [0.2, 0.25) is 0 Å². The molecule has 2 rings (SSSR count). The number of phenols is 1. The highest BCUT2D eigenvalue weighted by atomic mass is 32.2. The molecule has 0 aliphatic carbocycles. The van der Waals surface area contributed by atoms with Gasteiger partial charge in [0.15, 0.2) is 10.6 Å². The van der Waals surface area contributed by atoms with Gasteiger partial charge in [-0.05, 0) is 66.5 Å². The molecule has 2 aromatic carbocycles. The number of benzene rings is 2. The zero-order chi connectivity index (χ0) is 19.8. The van der Waals surface area contributed by atoms with Crippen molar-refractivity contribution >= 4 is 16.9 Å². The van der Waals surface area contributed by atoms with Gasteiger partial charge in [-0.2, -0.15) is 0 Å². The number of rotatable bonds is 10. The highest BCUT2D eigenvalue weighted by Gasteiger charge is 2.15. The van der Waals surface area contributed by atoms with Crippen LogP contribution >= 0.6 is 0 Å². The molecule has 7 heteroatoms. The maximum Gasteiger partial charge on any atom is 0.194 e. The van der Waals surface area contributed by atoms with Crippen molar-refractivity contribution in [1.29, 1.82) is 0 Å². The summed E-state index contributed by atoms with van der Waals surface area (Å²) in [6.07, 6.45) is 2.68. The van der Waals surface area contributed by atoms with Crippen LogP contribution in [0.2, 0.25) is 0 Å². The molecule has 2 unspecified atom stereocenters. The van der Waals surface area contributed by atoms with E-state index in [4.69, 9.17) is 0 Å². The SMILES string of the molecule is CN(CCCCNCC(O)c1ccc(O)c([S+](C)[O-])c1)c1ccc(F)cc1. The molecule has 148 valence electrons. The fourth-order valence-corrected chi connectivity index (χ4v) is 3.41. The molecule has 0 heterocycles. The van der Waals surface area contributed by atoms with E-state index in [1.807, 2.05) is 7.05 Å². The summed E-state index contributed by atoms with van der Waals surface area (Å²) in [4.78, 5) is 2.41. The third kappa shape index (κ3) is 6.70. The number of aromatic hydroxyl groups is 1. The standard InChI is InChI=1S/C20H27FN2O3S/c1-23(17-8-6-16(21)7-9-17)12-4-3-11-22-14-19(25)15-5-10-18(24)20(13-15)27(2)26/h5-10,13,19,22,24-25H,3-4,11-12,14H2,1-2H3. The number of unbranched alkanes of at least 4 members (excludes halogenated alkanes) is 1. The quantitative estimate of drug-likeness (QED) is 0.427. The maximum absolute atomic E-state index is 12.9. The molecule has 5 nitrogen and oxygen atoms in total. The van der Waals surface area contributed by atoms with Crippen molar-refractivity contribution in [2.24, 2.45) is 0 Å². The largest absolute Gasteiger partial charge is 0.612 e. The molecule has 27 heavy (non-hydrogen) atoms. The predicted molar refractivity (Wildman–Crippen MR) is 107 cm³/mol. The van der Waals surface area contributed by atoms with Crippen LogP contribution in [0.1, 0.15) is 24.5 Å². The lowest BCUT2D eigenvalue weighted by Crippen LogP contribution is -2.24. The van der Waals surface area contributed by atoms with Gasteiger partial charge in [0.05, 0.1) is 6.10 Å². The highest BCUT2D eigenvalue weighted by Crippen LogP contribution is 2.26. The van der Waals surface area contributed by atoms with Crippen LogP contribution in [0, 0.1) is 5.82 Å². The Hall–Kier alpha value is -1.80. The number of aliphatic hydroxyl groups excluding tert-OH is 1. The smallest absolute Gasteiger partial charge is 0.194 e. The number of aliphatic hydroxyl groups is 1. The molecule has 0 aliphatic rings. The molecule has 2 aromatic rings. The molecule has 3 N–H and O–H groups in total. The fourth-order valence-electron chi connectivity index (χ4n) is 2.75. The Morgan fingerprint density at radius 3 is 2.56 bits per heavy atom. The summed E-state index contributed by atoms with van der Waals surface area (Å²) in [6, 6.07) is 11.1. The number of anilines is 1. The summed E-state index contributed by atoms with van der Waals surface area (Å²) < 4.78 is 24.5. The van der Waals surface area contributed by atoms with Gasteiger partial charge >= 0.3 is 0 Å². The molecule has 0 radical (unpaired) electrons. The summed E-state index contributed by atoms with van der Waals surface area (Å²) in [5.74, 6) is -0.258. The first-order valence-corrected chi connectivity index (χ1v) is 10.5. The first-order valence-electron chi connectivity index (χ1n) is 8.90. The second-order valence-corrected chi connectivity index (χ2v) is 7.85. The maximum atomic E-state index is 12.9. The predicted octanol–water partition coefficient (Wildman–Crippen LogP) is 2.81. The Kier molecular flexibility index (Phi) is 8.37. The highest BCUT2D eigenvalue weighted by molar-refractivity contribution is 7.90. The lowest BCUT2D eigenvalue weighted by molar-refractivity contribution is 0.174. The van der Waals surface area contributed by atoms with E-state index in [0.29, 0.717) is 17.0 Å². The second kappa shape index (κ2) is 10.5. The minimum Gasteiger partial charge on any atom is -0.612 e. The van der Waals surface area contributed by atoms with Crippen molar-refractivity contribution < 1.29 is 19.2 Å². The van der Waals surface area contributed by atoms with Crippen molar-refractivity contribution in [1.82, 2.24) is 5.32 Å². The van der Waals surface area contributed by atoms with Crippen molar-refractivity contribution in [3.8, 4) is 5.75 Å². The molecule has 0 aromatic heterocycles. The first-order chi connectivity index (χ1) is 12.9. The van der Waals surface area contributed by atoms with Crippen LogP contribution in [0.5, 0.6) is 5.75 Å². The van der Waals surface area contributed by atoms with Gasteiger partial charge in [-0.15, -0.1) is 0 Å². The van der Waals surface area contributed by atoms with E-state index in [1.54, 1.807) is 24.3 Å². The Morgan fingerprint density at radius 1 is 1.19 bits per heavy atom. The third-order valence-corrected chi connectivity index (χ3v) is 5.33. The van der Waals surface area contributed by atoms with Crippen molar-refractivity contribution in [2.45, 2.75) is 23.8 Å². The Bertz CT molecular complexity index is 713. The first kappa shape index (κ1) is 21.5. The topological polar surface area (TPSA) is 78.8 Å². The number of halogens is 1. The summed E-state index contributed by atoms with van der Waals surface area (Å²) in [6.45, 7) is 2.01. The van der Waals surface area contributed by atoms with Crippen LogP contribution in [0.3, 0.4) is 0 Å². The van der Waals surface area contributed by atoms with Crippen LogP contribution < -0.4 is 10.2 Å². The average molecular weight is 395 g/mol. The lowest BCUT2D eigenvalue weighted by Gasteiger charge is -2.19. The molecular formula is C20H27FN2O3S. The monoisotopic (exact) mass is 394 g/mol. The summed E-state index contributed by atoms with van der Waals surface area (Å²) in [7, 11) is 1.98. The van der Waals surface area contributed by atoms with E-state index in [2.05, 4.69) is 10.2 Å². The molecule has 0 spiro atoms. The van der Waals surface area contributed by atoms with E-state index < -0.39 is 17.3 Å². The minimum atomic E-state index is -1.31. The van der Waals surface area contributed by atoms with Crippen LogP contribution in [0.15, 0.2) is 47.4 Å². The van der Waals surface area contributed by atoms with Crippen molar-refractivity contribution in [2.75, 3.05) is 37.8 Å². The molecular weight excluding hydrogens is 367 g/mol. The van der Waals surface area contributed by atoms with Gasteiger partial charge in [0.1, 0.15) is 12.1 Å². The van der Waals surface area contributed by atoms with Crippen LogP contribution in [0.4, 0.5) is 10.1 Å². The van der Waals surface area contributed by atoms with Crippen molar-refractivity contribution in [3.63, 3.8) is 0 Å². The van der Waals surface area contributed by atoms with E-state index in [1.165, 1.54) is 24.5 Å². The van der Waals surface area contributed by atoms with Gasteiger partial charge in [-0.1, -0.05) is 6.07 Å². The number of nitrogens with one attached hydrogen (secondary N) is 1. The zero-order valence-corrected chi connectivity index (χ0v) is 16.5. The second-order valence-electron chi connectivity index (χ2n) is 6.51. The molecule has 0 saturated carbocycles. The number of hydrogen-bond acceptors (Lipinski definition) is 5. The third-order valence-electron chi connectivity index (χ3n) is 4.38. The van der Waals surface area contributed by atoms with E-state index in [9.17, 15) is 19.2 Å². The van der Waals surface area contributed by atoms with E-state index in [-0.39, 0.29) is 11.6 Å². The van der Waals surface area contributed by atoms with E-state index in [0.717, 1.165) is 31.6 Å². The Balaban J connectivity index is 1.68. The number of hydrogen-bond donors (Lipinski definition) is 3. The Labute approximate surface area is 163 Å². The van der Waals surface area contributed by atoms with Gasteiger partial charge in [-0.25, -0.2) is 4.39 Å². The van der Waals surface area contributed by atoms with Crippen LogP contribution in [0.25, 0.3) is 0 Å². The Morgan fingerprint density at radius 2 is 1.89 bits per heavy atom. The number of nitrogens with zero attached hydrogens (tertiary/aromatic N) is 1. The summed E-state index contributed by atoms with van der Waals surface area (Å²) in [5, 5.41) is 23.2. The normalized spacial score (nSPS) is 13.4. The molecule has 0 fully saturated rings. The molecule has 0 amide bonds. The lowest BCUT2D eigenvalue weighted by atomic mass is 10.1. The molecule has 2 atom stereocenters. The van der Waals surface area contributed by atoms with E-state index >= 15 is 0 Å².